The lowest BCUT2D eigenvalue weighted by molar-refractivity contribution is 0.0317. The third-order valence-corrected chi connectivity index (χ3v) is 5.77. The normalized spacial score (nSPS) is 16.7. The molecule has 0 spiro atoms. The number of aliphatic hydroxyl groups is 1. The predicted octanol–water partition coefficient (Wildman–Crippen LogP) is 2.87. The Balaban J connectivity index is 2.14. The third-order valence-electron chi connectivity index (χ3n) is 5.23. The average molecular weight is 362 g/mol. The van der Waals surface area contributed by atoms with Crippen LogP contribution in [0.25, 0.3) is 0 Å². The van der Waals surface area contributed by atoms with E-state index in [1.54, 1.807) is 0 Å². The molecule has 0 bridgehead atoms. The molecular weight excluding hydrogens is 329 g/mol. The molecule has 139 valence electrons. The number of fused-ring (bicyclic) bond motifs is 1. The minimum Gasteiger partial charge on any atom is -0.428 e. The van der Waals surface area contributed by atoms with E-state index in [4.69, 9.17) is 4.65 Å². The summed E-state index contributed by atoms with van der Waals surface area (Å²) in [6, 6.07) is 4.42. The number of β-amino-alcohol motifs (C(OH)–C–C–N with tert-alkyl or cyclic N) is 1. The average Bonchev–Trinajstić information content (AvgIpc) is 2.42. The fraction of sp³-hybridized carbons (Fsp3) is 0.700. The van der Waals surface area contributed by atoms with Gasteiger partial charge in [-0.3, -0.25) is 4.90 Å². The minimum atomic E-state index is -0.665. The van der Waals surface area contributed by atoms with Gasteiger partial charge in [-0.25, -0.2) is 0 Å². The number of rotatable bonds is 6. The van der Waals surface area contributed by atoms with Gasteiger partial charge in [-0.1, -0.05) is 17.6 Å². The van der Waals surface area contributed by atoms with E-state index in [9.17, 15) is 5.11 Å². The lowest BCUT2D eigenvalue weighted by Crippen LogP contribution is -2.46. The smallest absolute Gasteiger partial charge is 0.330 e. The highest BCUT2D eigenvalue weighted by molar-refractivity contribution is 7.81. The van der Waals surface area contributed by atoms with Gasteiger partial charge < -0.3 is 9.76 Å². The molecule has 0 saturated carbocycles. The van der Waals surface area contributed by atoms with Gasteiger partial charge in [0.1, 0.15) is 0 Å². The molecule has 0 aromatic heterocycles. The van der Waals surface area contributed by atoms with Crippen molar-refractivity contribution in [3.05, 3.63) is 28.8 Å². The van der Waals surface area contributed by atoms with Gasteiger partial charge in [-0.05, 0) is 71.6 Å². The summed E-state index contributed by atoms with van der Waals surface area (Å²) in [5.41, 5.74) is 4.16. The number of aryl methyl sites for hydroxylation is 1. The molecule has 1 N–H and O–H groups in total. The maximum absolute atomic E-state index is 10.1. The van der Waals surface area contributed by atoms with Crippen LogP contribution in [-0.4, -0.2) is 46.5 Å². The summed E-state index contributed by atoms with van der Waals surface area (Å²) >= 11 is 4.66. The van der Waals surface area contributed by atoms with Crippen LogP contribution in [0.5, 0.6) is 0 Å². The van der Waals surface area contributed by atoms with Gasteiger partial charge in [0, 0.05) is 24.4 Å². The van der Waals surface area contributed by atoms with Crippen molar-refractivity contribution >= 4 is 25.6 Å². The number of hydrogen-bond acceptors (Lipinski definition) is 4. The highest BCUT2D eigenvalue weighted by Crippen LogP contribution is 2.30. The Bertz CT molecular complexity index is 617. The predicted molar refractivity (Wildman–Crippen MR) is 110 cm³/mol. The molecule has 0 saturated heterocycles. The Labute approximate surface area is 159 Å². The van der Waals surface area contributed by atoms with Crippen molar-refractivity contribution in [1.29, 1.82) is 0 Å². The van der Waals surface area contributed by atoms with Crippen LogP contribution in [0.4, 0.5) is 0 Å². The molecule has 0 amide bonds. The summed E-state index contributed by atoms with van der Waals surface area (Å²) < 4.78 is 5.84. The second-order valence-electron chi connectivity index (χ2n) is 9.05. The molecule has 1 aromatic carbocycles. The molecule has 5 heteroatoms. The third kappa shape index (κ3) is 5.49. The van der Waals surface area contributed by atoms with Crippen LogP contribution in [0, 0.1) is 6.92 Å². The van der Waals surface area contributed by atoms with E-state index >= 15 is 0 Å². The van der Waals surface area contributed by atoms with Gasteiger partial charge in [0.25, 0.3) is 0 Å². The summed E-state index contributed by atoms with van der Waals surface area (Å²) in [5.74, 6) is 0. The Hall–Kier alpha value is -0.485. The molecule has 1 radical (unpaired) electrons. The van der Waals surface area contributed by atoms with Gasteiger partial charge >= 0.3 is 7.48 Å². The van der Waals surface area contributed by atoms with Gasteiger partial charge in [0.2, 0.25) is 0 Å². The van der Waals surface area contributed by atoms with E-state index in [1.807, 2.05) is 21.3 Å². The molecule has 1 aromatic rings. The monoisotopic (exact) mass is 362 g/mol. The maximum atomic E-state index is 10.1. The molecule has 0 aliphatic carbocycles. The SMILES string of the molecule is Cc1cc([B]OC(C)(C)C(C)(C)S)cc2c1CCN(CC(C)(C)O)C2. The van der Waals surface area contributed by atoms with E-state index in [2.05, 4.69) is 64.3 Å². The zero-order valence-electron chi connectivity index (χ0n) is 16.8. The van der Waals surface area contributed by atoms with Gasteiger partial charge in [0.05, 0.1) is 11.2 Å². The van der Waals surface area contributed by atoms with Crippen LogP contribution in [0.1, 0.15) is 58.2 Å². The van der Waals surface area contributed by atoms with Crippen molar-refractivity contribution in [2.75, 3.05) is 13.1 Å². The molecule has 2 rings (SSSR count). The first-order valence-corrected chi connectivity index (χ1v) is 9.54. The van der Waals surface area contributed by atoms with Crippen LogP contribution in [0.3, 0.4) is 0 Å². The van der Waals surface area contributed by atoms with Crippen molar-refractivity contribution in [3.63, 3.8) is 0 Å². The lowest BCUT2D eigenvalue weighted by Gasteiger charge is -2.38. The molecule has 0 unspecified atom stereocenters. The summed E-state index contributed by atoms with van der Waals surface area (Å²) in [4.78, 5) is 2.33. The molecular formula is C20H33BNO2S. The van der Waals surface area contributed by atoms with Crippen molar-refractivity contribution < 1.29 is 9.76 Å². The first-order chi connectivity index (χ1) is 11.3. The zero-order chi connectivity index (χ0) is 19.0. The number of thiol groups is 1. The Kier molecular flexibility index (Phi) is 6.05. The number of nitrogens with zero attached hydrogens (tertiary/aromatic N) is 1. The second kappa shape index (κ2) is 7.26. The Morgan fingerprint density at radius 2 is 1.84 bits per heavy atom. The van der Waals surface area contributed by atoms with Crippen molar-refractivity contribution in [2.24, 2.45) is 0 Å². The van der Waals surface area contributed by atoms with Crippen molar-refractivity contribution in [3.8, 4) is 0 Å². The topological polar surface area (TPSA) is 32.7 Å². The van der Waals surface area contributed by atoms with Crippen LogP contribution < -0.4 is 5.46 Å². The minimum absolute atomic E-state index is 0.240. The van der Waals surface area contributed by atoms with E-state index in [0.29, 0.717) is 6.54 Å². The zero-order valence-corrected chi connectivity index (χ0v) is 17.7. The summed E-state index contributed by atoms with van der Waals surface area (Å²) in [7, 11) is 1.86. The highest BCUT2D eigenvalue weighted by atomic mass is 32.1. The van der Waals surface area contributed by atoms with Crippen LogP contribution >= 0.6 is 12.6 Å². The number of benzene rings is 1. The maximum Gasteiger partial charge on any atom is 0.330 e. The van der Waals surface area contributed by atoms with Crippen molar-refractivity contribution in [1.82, 2.24) is 4.90 Å². The molecule has 1 heterocycles. The summed E-state index contributed by atoms with van der Waals surface area (Å²) in [6.45, 7) is 16.7. The van der Waals surface area contributed by atoms with Gasteiger partial charge in [-0.2, -0.15) is 12.6 Å². The molecule has 3 nitrogen and oxygen atoms in total. The van der Waals surface area contributed by atoms with E-state index in [1.165, 1.54) is 16.7 Å². The van der Waals surface area contributed by atoms with Crippen molar-refractivity contribution in [2.45, 2.75) is 77.4 Å². The van der Waals surface area contributed by atoms with Crippen LogP contribution in [0.2, 0.25) is 0 Å². The standard InChI is InChI=1S/C20H33BNO2S/c1-14-10-16(21-24-19(4,5)20(6,7)25)11-15-12-22(9-8-17(14)15)13-18(2,3)23/h10-11,23,25H,8-9,12-13H2,1-7H3. The Morgan fingerprint density at radius 1 is 1.20 bits per heavy atom. The van der Waals surface area contributed by atoms with Crippen LogP contribution in [0.15, 0.2) is 12.1 Å². The fourth-order valence-corrected chi connectivity index (χ4v) is 3.17. The first-order valence-electron chi connectivity index (χ1n) is 9.09. The summed E-state index contributed by atoms with van der Waals surface area (Å²) in [5, 5.41) is 10.1. The van der Waals surface area contributed by atoms with E-state index in [0.717, 1.165) is 25.0 Å². The highest BCUT2D eigenvalue weighted by Gasteiger charge is 2.34. The second-order valence-corrected chi connectivity index (χ2v) is 10.2. The van der Waals surface area contributed by atoms with Crippen LogP contribution in [-0.2, 0) is 17.6 Å². The number of hydrogen-bond donors (Lipinski definition) is 2. The fourth-order valence-electron chi connectivity index (χ4n) is 3.12. The van der Waals surface area contributed by atoms with Gasteiger partial charge in [-0.15, -0.1) is 0 Å². The Morgan fingerprint density at radius 3 is 2.40 bits per heavy atom. The molecule has 0 fully saturated rings. The quantitative estimate of drug-likeness (QED) is 0.603. The van der Waals surface area contributed by atoms with E-state index < -0.39 is 5.60 Å². The molecule has 1 aliphatic heterocycles. The largest absolute Gasteiger partial charge is 0.428 e. The molecule has 0 atom stereocenters. The molecule has 25 heavy (non-hydrogen) atoms. The molecule has 1 aliphatic rings. The first kappa shape index (κ1) is 20.8. The lowest BCUT2D eigenvalue weighted by atomic mass is 9.80. The van der Waals surface area contributed by atoms with Gasteiger partial charge in [0.15, 0.2) is 0 Å². The summed E-state index contributed by atoms with van der Waals surface area (Å²) in [6.07, 6.45) is 1.04. The van der Waals surface area contributed by atoms with E-state index in [-0.39, 0.29) is 10.3 Å².